The van der Waals surface area contributed by atoms with Crippen LogP contribution in [-0.2, 0) is 24.1 Å². The lowest BCUT2D eigenvalue weighted by atomic mass is 10.2. The number of aromatic nitrogens is 3. The van der Waals surface area contributed by atoms with Crippen LogP contribution in [0, 0.1) is 0 Å². The molecule has 0 bridgehead atoms. The Morgan fingerprint density at radius 2 is 2.20 bits per heavy atom. The zero-order valence-electron chi connectivity index (χ0n) is 11.4. The van der Waals surface area contributed by atoms with Crippen LogP contribution in [0.5, 0.6) is 0 Å². The second-order valence-electron chi connectivity index (χ2n) is 4.62. The van der Waals surface area contributed by atoms with Gasteiger partial charge in [0.15, 0.2) is 5.03 Å². The van der Waals surface area contributed by atoms with Crippen molar-refractivity contribution in [1.29, 1.82) is 0 Å². The minimum absolute atomic E-state index is 0.0200. The van der Waals surface area contributed by atoms with Gasteiger partial charge in [-0.2, -0.15) is 0 Å². The number of sulfonamides is 1. The van der Waals surface area contributed by atoms with Gasteiger partial charge in [0.2, 0.25) is 0 Å². The van der Waals surface area contributed by atoms with Gasteiger partial charge in [0.05, 0.1) is 12.4 Å². The van der Waals surface area contributed by atoms with Crippen molar-refractivity contribution in [3.05, 3.63) is 36.5 Å². The van der Waals surface area contributed by atoms with Gasteiger partial charge in [-0.05, 0) is 18.6 Å². The van der Waals surface area contributed by atoms with Crippen LogP contribution in [0.25, 0.3) is 0 Å². The predicted molar refractivity (Wildman–Crippen MR) is 73.4 cm³/mol. The van der Waals surface area contributed by atoms with Gasteiger partial charge < -0.3 is 14.2 Å². The Bertz CT molecular complexity index is 674. The van der Waals surface area contributed by atoms with Gasteiger partial charge in [0.1, 0.15) is 0 Å². The highest BCUT2D eigenvalue weighted by Crippen LogP contribution is 2.16. The van der Waals surface area contributed by atoms with Gasteiger partial charge in [0.25, 0.3) is 10.0 Å². The Kier molecular flexibility index (Phi) is 4.26. The maximum Gasteiger partial charge on any atom is 0.259 e. The van der Waals surface area contributed by atoms with Gasteiger partial charge in [0, 0.05) is 38.7 Å². The van der Waals surface area contributed by atoms with E-state index in [1.165, 1.54) is 12.5 Å². The summed E-state index contributed by atoms with van der Waals surface area (Å²) in [5, 5.41) is 9.97. The topological polar surface area (TPSA) is 89.2 Å². The first-order valence-corrected chi connectivity index (χ1v) is 7.65. The normalized spacial score (nSPS) is 13.6. The standard InChI is InChI=1S/C12H18N4O3S/c1-15-8-12(13-9-15)20(18,19)14-6-5-11(17)10-4-3-7-16(10)2/h3-4,7-9,11,14,17H,5-6H2,1-2H3. The molecular formula is C12H18N4O3S. The number of hydrogen-bond donors (Lipinski definition) is 2. The second-order valence-corrected chi connectivity index (χ2v) is 6.34. The van der Waals surface area contributed by atoms with E-state index in [1.807, 2.05) is 19.3 Å². The molecule has 0 saturated heterocycles. The summed E-state index contributed by atoms with van der Waals surface area (Å²) in [5.41, 5.74) is 0.752. The molecule has 20 heavy (non-hydrogen) atoms. The molecule has 110 valence electrons. The summed E-state index contributed by atoms with van der Waals surface area (Å²) in [6.45, 7) is 0.144. The first kappa shape index (κ1) is 14.8. The fourth-order valence-corrected chi connectivity index (χ4v) is 2.93. The Morgan fingerprint density at radius 1 is 1.45 bits per heavy atom. The van der Waals surface area contributed by atoms with Crippen molar-refractivity contribution in [3.8, 4) is 0 Å². The van der Waals surface area contributed by atoms with Crippen LogP contribution in [0.2, 0.25) is 0 Å². The second kappa shape index (κ2) is 5.78. The number of imidazole rings is 1. The van der Waals surface area contributed by atoms with Crippen molar-refractivity contribution in [2.45, 2.75) is 17.6 Å². The Labute approximate surface area is 117 Å². The monoisotopic (exact) mass is 298 g/mol. The van der Waals surface area contributed by atoms with Crippen LogP contribution in [0.3, 0.4) is 0 Å². The molecular weight excluding hydrogens is 280 g/mol. The van der Waals surface area contributed by atoms with E-state index >= 15 is 0 Å². The third kappa shape index (κ3) is 3.27. The molecule has 0 radical (unpaired) electrons. The summed E-state index contributed by atoms with van der Waals surface area (Å²) in [5.74, 6) is 0. The number of nitrogens with one attached hydrogen (secondary N) is 1. The SMILES string of the molecule is Cn1cnc(S(=O)(=O)NCCC(O)c2cccn2C)c1. The lowest BCUT2D eigenvalue weighted by molar-refractivity contribution is 0.161. The Hall–Kier alpha value is -1.64. The molecule has 2 N–H and O–H groups in total. The van der Waals surface area contributed by atoms with Crippen molar-refractivity contribution in [3.63, 3.8) is 0 Å². The third-order valence-electron chi connectivity index (χ3n) is 2.99. The molecule has 2 rings (SSSR count). The number of aryl methyl sites for hydroxylation is 2. The van der Waals surface area contributed by atoms with Crippen LogP contribution in [0.1, 0.15) is 18.2 Å². The average molecular weight is 298 g/mol. The molecule has 1 atom stereocenters. The number of rotatable bonds is 6. The number of hydrogen-bond acceptors (Lipinski definition) is 4. The van der Waals surface area contributed by atoms with E-state index in [2.05, 4.69) is 9.71 Å². The zero-order valence-corrected chi connectivity index (χ0v) is 12.2. The fourth-order valence-electron chi connectivity index (χ4n) is 1.90. The highest BCUT2D eigenvalue weighted by atomic mass is 32.2. The molecule has 0 amide bonds. The maximum absolute atomic E-state index is 11.9. The van der Waals surface area contributed by atoms with E-state index in [4.69, 9.17) is 0 Å². The highest BCUT2D eigenvalue weighted by molar-refractivity contribution is 7.89. The molecule has 0 saturated carbocycles. The van der Waals surface area contributed by atoms with Crippen LogP contribution in [0.4, 0.5) is 0 Å². The summed E-state index contributed by atoms with van der Waals surface area (Å²) in [7, 11) is -0.0844. The fraction of sp³-hybridized carbons (Fsp3) is 0.417. The minimum atomic E-state index is -3.61. The van der Waals surface area contributed by atoms with Gasteiger partial charge in [-0.25, -0.2) is 18.1 Å². The minimum Gasteiger partial charge on any atom is -0.387 e. The molecule has 1 unspecified atom stereocenters. The number of aliphatic hydroxyl groups is 1. The van der Waals surface area contributed by atoms with Crippen molar-refractivity contribution < 1.29 is 13.5 Å². The first-order valence-electron chi connectivity index (χ1n) is 6.17. The lowest BCUT2D eigenvalue weighted by Crippen LogP contribution is -2.26. The first-order chi connectivity index (χ1) is 9.40. The smallest absolute Gasteiger partial charge is 0.259 e. The molecule has 2 heterocycles. The summed E-state index contributed by atoms with van der Waals surface area (Å²) < 4.78 is 29.6. The summed E-state index contributed by atoms with van der Waals surface area (Å²) >= 11 is 0. The van der Waals surface area contributed by atoms with Crippen molar-refractivity contribution >= 4 is 10.0 Å². The number of nitrogens with zero attached hydrogens (tertiary/aromatic N) is 3. The Balaban J connectivity index is 1.91. The van der Waals surface area contributed by atoms with Crippen LogP contribution in [0.15, 0.2) is 35.9 Å². The molecule has 7 nitrogen and oxygen atoms in total. The van der Waals surface area contributed by atoms with Gasteiger partial charge in [-0.15, -0.1) is 0 Å². The molecule has 0 aliphatic rings. The highest BCUT2D eigenvalue weighted by Gasteiger charge is 2.17. The van der Waals surface area contributed by atoms with Gasteiger partial charge in [-0.3, -0.25) is 0 Å². The average Bonchev–Trinajstić information content (AvgIpc) is 2.98. The van der Waals surface area contributed by atoms with Crippen molar-refractivity contribution in [2.24, 2.45) is 14.1 Å². The maximum atomic E-state index is 11.9. The lowest BCUT2D eigenvalue weighted by Gasteiger charge is -2.12. The van der Waals surface area contributed by atoms with E-state index in [-0.39, 0.29) is 11.6 Å². The van der Waals surface area contributed by atoms with E-state index in [0.717, 1.165) is 5.69 Å². The summed E-state index contributed by atoms with van der Waals surface area (Å²) in [4.78, 5) is 3.80. The molecule has 2 aromatic heterocycles. The van der Waals surface area contributed by atoms with Crippen molar-refractivity contribution in [1.82, 2.24) is 18.8 Å². The molecule has 0 aliphatic heterocycles. The van der Waals surface area contributed by atoms with E-state index in [9.17, 15) is 13.5 Å². The molecule has 0 aromatic carbocycles. The summed E-state index contributed by atoms with van der Waals surface area (Å²) in [6, 6.07) is 3.63. The van der Waals surface area contributed by atoms with E-state index in [0.29, 0.717) is 6.42 Å². The quantitative estimate of drug-likeness (QED) is 0.795. The van der Waals surface area contributed by atoms with Gasteiger partial charge in [-0.1, -0.05) is 0 Å². The largest absolute Gasteiger partial charge is 0.387 e. The zero-order chi connectivity index (χ0) is 14.8. The molecule has 0 spiro atoms. The van der Waals surface area contributed by atoms with E-state index in [1.54, 1.807) is 22.2 Å². The molecule has 0 aliphatic carbocycles. The predicted octanol–water partition coefficient (Wildman–Crippen LogP) is 0.161. The van der Waals surface area contributed by atoms with Crippen LogP contribution in [-0.4, -0.2) is 34.2 Å². The van der Waals surface area contributed by atoms with Crippen molar-refractivity contribution in [2.75, 3.05) is 6.54 Å². The molecule has 0 fully saturated rings. The number of aliphatic hydroxyl groups excluding tert-OH is 1. The van der Waals surface area contributed by atoms with Crippen LogP contribution >= 0.6 is 0 Å². The van der Waals surface area contributed by atoms with Gasteiger partial charge >= 0.3 is 0 Å². The third-order valence-corrected chi connectivity index (χ3v) is 4.34. The molecule has 2 aromatic rings. The molecule has 8 heteroatoms. The summed E-state index contributed by atoms with van der Waals surface area (Å²) in [6.07, 6.45) is 4.27. The van der Waals surface area contributed by atoms with Crippen LogP contribution < -0.4 is 4.72 Å². The van der Waals surface area contributed by atoms with E-state index < -0.39 is 16.1 Å². The Morgan fingerprint density at radius 3 is 2.75 bits per heavy atom.